The molecule has 0 amide bonds. The predicted molar refractivity (Wildman–Crippen MR) is 555 cm³/mol. The van der Waals surface area contributed by atoms with E-state index in [1.165, 1.54) is 221 Å². The van der Waals surface area contributed by atoms with Crippen molar-refractivity contribution in [2.24, 2.45) is 0 Å². The third-order valence-electron chi connectivity index (χ3n) is 25.4. The molecule has 0 N–H and O–H groups in total. The summed E-state index contributed by atoms with van der Waals surface area (Å²) in [5.41, 5.74) is 37.6. The maximum atomic E-state index is 2.37. The number of hydrogen-bond acceptors (Lipinski definition) is 0. The molecule has 0 atom stereocenters. The number of hydrogen-bond donors (Lipinski definition) is 0. The van der Waals surface area contributed by atoms with Crippen LogP contribution in [0.1, 0.15) is 27.8 Å². The minimum Gasteiger partial charge on any atom is -0.309 e. The standard InChI is InChI=1S/5C25H19N/c1-18-9-7-10-19(17-18)21-14-8-16-24-25(21)22-13-5-6-15-23(22)26(24)20-11-3-2-4-12-20;1-18-8-7-9-19(16-18)20-14-15-25-23(17-20)22-12-5-6-13-24(22)26(25)21-10-3-2-4-11-21;1-18-9-5-6-12-21(18)19-15-16-25-23(17-19)22-13-7-8-14-24(22)26(25)20-10-3-2-4-11-20;1-18-14-16-19(17-15-18)21-11-7-13-24-25(21)22-10-5-6-12-23(22)26(24)20-8-3-2-4-9-20;1-18-11-13-19(14-12-18)20-15-16-25-23(17-20)22-9-5-6-10-24(22)26(25)21-7-3-2-4-8-21/h5*2-17H,1H3. The fourth-order valence-electron chi connectivity index (χ4n) is 19.3. The molecule has 0 saturated heterocycles. The molecule has 5 heterocycles. The zero-order chi connectivity index (χ0) is 87.5. The molecular weight excluding hydrogens is 1570 g/mol. The lowest BCUT2D eigenvalue weighted by Crippen LogP contribution is -1.92. The van der Waals surface area contributed by atoms with Crippen LogP contribution in [0, 0.1) is 34.6 Å². The summed E-state index contributed by atoms with van der Waals surface area (Å²) in [5.74, 6) is 0. The summed E-state index contributed by atoms with van der Waals surface area (Å²) in [4.78, 5) is 0. The van der Waals surface area contributed by atoms with E-state index in [4.69, 9.17) is 0 Å². The summed E-state index contributed by atoms with van der Waals surface area (Å²) < 4.78 is 11.8. The van der Waals surface area contributed by atoms with E-state index in [9.17, 15) is 0 Å². The first kappa shape index (κ1) is 80.5. The minimum atomic E-state index is 1.19. The van der Waals surface area contributed by atoms with Crippen molar-refractivity contribution in [1.82, 2.24) is 22.8 Å². The molecular formula is C125H95N5. The monoisotopic (exact) mass is 1670 g/mol. The zero-order valence-corrected chi connectivity index (χ0v) is 73.4. The third-order valence-corrected chi connectivity index (χ3v) is 25.4. The van der Waals surface area contributed by atoms with Crippen LogP contribution in [0.25, 0.3) is 193 Å². The Morgan fingerprint density at radius 2 is 0.377 bits per heavy atom. The third kappa shape index (κ3) is 15.5. The fraction of sp³-hybridized carbons (Fsp3) is 0.0400. The smallest absolute Gasteiger partial charge is 0.0547 e. The van der Waals surface area contributed by atoms with Crippen LogP contribution in [0.2, 0.25) is 0 Å². The first-order chi connectivity index (χ1) is 64.1. The average Bonchev–Trinajstić information content (AvgIpc) is 1.67. The van der Waals surface area contributed by atoms with Crippen molar-refractivity contribution in [3.8, 4) is 84.1 Å². The highest BCUT2D eigenvalue weighted by Gasteiger charge is 2.21. The summed E-state index contributed by atoms with van der Waals surface area (Å²) in [5, 5.41) is 13.0. The Labute approximate surface area is 758 Å². The maximum Gasteiger partial charge on any atom is 0.0547 e. The van der Waals surface area contributed by atoms with E-state index in [1.54, 1.807) is 0 Å². The molecule has 0 aliphatic carbocycles. The normalized spacial score (nSPS) is 11.3. The van der Waals surface area contributed by atoms with Crippen molar-refractivity contribution in [1.29, 1.82) is 0 Å². The van der Waals surface area contributed by atoms with Gasteiger partial charge in [0, 0.05) is 82.3 Å². The van der Waals surface area contributed by atoms with E-state index in [2.05, 4.69) is 543 Å². The molecule has 0 saturated carbocycles. The number of aryl methyl sites for hydroxylation is 5. The Bertz CT molecular complexity index is 8420. The average molecular weight is 1670 g/mol. The lowest BCUT2D eigenvalue weighted by atomic mass is 9.98. The van der Waals surface area contributed by atoms with Crippen molar-refractivity contribution in [2.75, 3.05) is 0 Å². The van der Waals surface area contributed by atoms with Gasteiger partial charge in [-0.25, -0.2) is 0 Å². The number of para-hydroxylation sites is 10. The molecule has 620 valence electrons. The van der Waals surface area contributed by atoms with Crippen LogP contribution in [0.15, 0.2) is 485 Å². The molecule has 0 fully saturated rings. The van der Waals surface area contributed by atoms with Crippen LogP contribution in [0.4, 0.5) is 0 Å². The van der Waals surface area contributed by atoms with Crippen LogP contribution in [-0.2, 0) is 0 Å². The van der Waals surface area contributed by atoms with Crippen molar-refractivity contribution in [3.05, 3.63) is 513 Å². The Hall–Kier alpha value is -16.6. The van der Waals surface area contributed by atoms with Gasteiger partial charge >= 0.3 is 0 Å². The van der Waals surface area contributed by atoms with Crippen LogP contribution >= 0.6 is 0 Å². The summed E-state index contributed by atoms with van der Waals surface area (Å²) in [7, 11) is 0. The maximum absolute atomic E-state index is 2.37. The van der Waals surface area contributed by atoms with Crippen molar-refractivity contribution >= 4 is 109 Å². The second-order valence-corrected chi connectivity index (χ2v) is 33.8. The second kappa shape index (κ2) is 35.4. The van der Waals surface area contributed by atoms with Gasteiger partial charge in [-0.15, -0.1) is 0 Å². The highest BCUT2D eigenvalue weighted by molar-refractivity contribution is 6.18. The van der Waals surface area contributed by atoms with Crippen LogP contribution in [0.3, 0.4) is 0 Å². The molecule has 25 aromatic rings. The van der Waals surface area contributed by atoms with Gasteiger partial charge in [-0.3, -0.25) is 0 Å². The molecule has 0 aliphatic heterocycles. The van der Waals surface area contributed by atoms with Gasteiger partial charge in [0.2, 0.25) is 0 Å². The number of rotatable bonds is 10. The van der Waals surface area contributed by atoms with Gasteiger partial charge in [-0.2, -0.15) is 0 Å². The first-order valence-corrected chi connectivity index (χ1v) is 44.9. The Balaban J connectivity index is 0.0000000983. The predicted octanol–water partition coefficient (Wildman–Crippen LogP) is 33.8. The SMILES string of the molecule is Cc1ccc(-c2ccc3c(c2)c2ccccc2n3-c2ccccc2)cc1.Cc1ccc(-c2cccc3c2c2ccccc2n3-c2ccccc2)cc1.Cc1cccc(-c2ccc3c(c2)c2ccccc2n3-c2ccccc2)c1.Cc1cccc(-c2cccc3c2c2ccccc2n3-c2ccccc2)c1.Cc1ccccc1-c1ccc2c(c1)c1ccccc1n2-c1ccccc1. The topological polar surface area (TPSA) is 24.6 Å². The lowest BCUT2D eigenvalue weighted by molar-refractivity contribution is 1.18. The molecule has 5 nitrogen and oxygen atoms in total. The van der Waals surface area contributed by atoms with Gasteiger partial charge in [-0.1, -0.05) is 368 Å². The lowest BCUT2D eigenvalue weighted by Gasteiger charge is -2.09. The molecule has 5 aromatic heterocycles. The molecule has 0 bridgehead atoms. The van der Waals surface area contributed by atoms with Gasteiger partial charge < -0.3 is 22.8 Å². The van der Waals surface area contributed by atoms with Gasteiger partial charge in [0.1, 0.15) is 0 Å². The molecule has 5 heteroatoms. The van der Waals surface area contributed by atoms with Crippen LogP contribution in [0.5, 0.6) is 0 Å². The Morgan fingerprint density at radius 3 is 0.769 bits per heavy atom. The molecule has 0 radical (unpaired) electrons. The molecule has 0 unspecified atom stereocenters. The first-order valence-electron chi connectivity index (χ1n) is 44.9. The molecule has 130 heavy (non-hydrogen) atoms. The van der Waals surface area contributed by atoms with E-state index < -0.39 is 0 Å². The molecule has 0 spiro atoms. The van der Waals surface area contributed by atoms with Gasteiger partial charge in [0.15, 0.2) is 0 Å². The summed E-state index contributed by atoms with van der Waals surface area (Å²) >= 11 is 0. The van der Waals surface area contributed by atoms with Crippen molar-refractivity contribution in [2.45, 2.75) is 34.6 Å². The van der Waals surface area contributed by atoms with Crippen molar-refractivity contribution < 1.29 is 0 Å². The molecule has 25 rings (SSSR count). The number of aromatic nitrogens is 5. The van der Waals surface area contributed by atoms with Crippen molar-refractivity contribution in [3.63, 3.8) is 0 Å². The highest BCUT2D eigenvalue weighted by Crippen LogP contribution is 2.44. The summed E-state index contributed by atoms with van der Waals surface area (Å²) in [6.45, 7) is 10.7. The van der Waals surface area contributed by atoms with Gasteiger partial charge in [0.25, 0.3) is 0 Å². The number of benzene rings is 20. The largest absolute Gasteiger partial charge is 0.309 e. The highest BCUT2D eigenvalue weighted by atomic mass is 15.0. The van der Waals surface area contributed by atoms with E-state index >= 15 is 0 Å². The molecule has 0 aliphatic rings. The van der Waals surface area contributed by atoms with Crippen LogP contribution < -0.4 is 0 Å². The summed E-state index contributed by atoms with van der Waals surface area (Å²) in [6, 6.07) is 174. The molecule has 20 aromatic carbocycles. The van der Waals surface area contributed by atoms with Crippen LogP contribution in [-0.4, -0.2) is 22.8 Å². The zero-order valence-electron chi connectivity index (χ0n) is 73.4. The number of nitrogens with zero attached hydrogens (tertiary/aromatic N) is 5. The second-order valence-electron chi connectivity index (χ2n) is 33.8. The minimum absolute atomic E-state index is 1.19. The Kier molecular flexibility index (Phi) is 21.9. The number of fused-ring (bicyclic) bond motifs is 15. The van der Waals surface area contributed by atoms with Gasteiger partial charge in [-0.05, 0) is 235 Å². The fourth-order valence-corrected chi connectivity index (χ4v) is 19.3. The quantitative estimate of drug-likeness (QED) is 0.130. The van der Waals surface area contributed by atoms with E-state index in [0.29, 0.717) is 0 Å². The van der Waals surface area contributed by atoms with E-state index in [1.807, 2.05) is 0 Å². The Morgan fingerprint density at radius 1 is 0.131 bits per heavy atom. The van der Waals surface area contributed by atoms with E-state index in [-0.39, 0.29) is 0 Å². The van der Waals surface area contributed by atoms with E-state index in [0.717, 1.165) is 0 Å². The summed E-state index contributed by atoms with van der Waals surface area (Å²) in [6.07, 6.45) is 0. The van der Waals surface area contributed by atoms with Gasteiger partial charge in [0.05, 0.1) is 55.2 Å².